The van der Waals surface area contributed by atoms with Gasteiger partial charge in [0, 0.05) is 18.7 Å². The highest BCUT2D eigenvalue weighted by Gasteiger charge is 2.36. The lowest BCUT2D eigenvalue weighted by Crippen LogP contribution is -2.47. The molecule has 0 aliphatic carbocycles. The Bertz CT molecular complexity index is 1890. The zero-order chi connectivity index (χ0) is 34.4. The van der Waals surface area contributed by atoms with Crippen molar-refractivity contribution in [1.29, 1.82) is 0 Å². The predicted molar refractivity (Wildman–Crippen MR) is 194 cm³/mol. The minimum Gasteiger partial charge on any atom is -0.485 e. The van der Waals surface area contributed by atoms with Crippen molar-refractivity contribution in [2.75, 3.05) is 0 Å². The first-order valence-electron chi connectivity index (χ1n) is 16.7. The fourth-order valence-corrected chi connectivity index (χ4v) is 5.63. The van der Waals surface area contributed by atoms with Gasteiger partial charge in [0.2, 0.25) is 0 Å². The molecule has 0 spiro atoms. The first-order valence-corrected chi connectivity index (χ1v) is 16.7. The van der Waals surface area contributed by atoms with Crippen molar-refractivity contribution in [3.63, 3.8) is 0 Å². The highest BCUT2D eigenvalue weighted by molar-refractivity contribution is 6.12. The van der Waals surface area contributed by atoms with Crippen molar-refractivity contribution in [2.24, 2.45) is 0 Å². The van der Waals surface area contributed by atoms with Crippen LogP contribution < -0.4 is 9.47 Å². The summed E-state index contributed by atoms with van der Waals surface area (Å²) in [7, 11) is 0. The van der Waals surface area contributed by atoms with Gasteiger partial charge in [0.1, 0.15) is 19.8 Å². The third-order valence-electron chi connectivity index (χ3n) is 8.22. The van der Waals surface area contributed by atoms with Crippen LogP contribution >= 0.6 is 0 Å². The van der Waals surface area contributed by atoms with E-state index in [1.807, 2.05) is 157 Å². The number of hydrogen-bond donors (Lipinski definition) is 0. The summed E-state index contributed by atoms with van der Waals surface area (Å²) >= 11 is 0. The summed E-state index contributed by atoms with van der Waals surface area (Å²) in [4.78, 5) is 30.7. The molecule has 0 saturated carbocycles. The largest absolute Gasteiger partial charge is 0.485 e. The number of hydrogen-bond acceptors (Lipinski definition) is 6. The van der Waals surface area contributed by atoms with E-state index in [0.29, 0.717) is 36.8 Å². The van der Waals surface area contributed by atoms with Crippen molar-refractivity contribution in [1.82, 2.24) is 4.90 Å². The second-order valence-corrected chi connectivity index (χ2v) is 11.9. The van der Waals surface area contributed by atoms with E-state index in [0.717, 1.165) is 27.8 Å². The highest BCUT2D eigenvalue weighted by Crippen LogP contribution is 2.31. The molecule has 6 rings (SSSR count). The summed E-state index contributed by atoms with van der Waals surface area (Å²) in [5, 5.41) is 0. The van der Waals surface area contributed by atoms with E-state index in [1.165, 1.54) is 0 Å². The number of benzene rings is 6. The van der Waals surface area contributed by atoms with Crippen molar-refractivity contribution in [2.45, 2.75) is 39.0 Å². The van der Waals surface area contributed by atoms with Crippen LogP contribution in [-0.4, -0.2) is 22.7 Å². The highest BCUT2D eigenvalue weighted by atomic mass is 16.5. The Balaban J connectivity index is 1.34. The molecule has 0 saturated heterocycles. The molecule has 6 aromatic carbocycles. The molecule has 0 fully saturated rings. The van der Waals surface area contributed by atoms with Crippen LogP contribution in [0.1, 0.15) is 38.2 Å². The van der Waals surface area contributed by atoms with Crippen molar-refractivity contribution in [3.05, 3.63) is 203 Å². The van der Waals surface area contributed by atoms with Gasteiger partial charge in [-0.15, -0.1) is 0 Å². The Kier molecular flexibility index (Phi) is 11.8. The number of nitrogens with zero attached hydrogens (tertiary/aromatic N) is 1. The molecule has 0 aromatic heterocycles. The Morgan fingerprint density at radius 3 is 1.32 bits per heavy atom. The molecule has 1 atom stereocenters. The predicted octanol–water partition coefficient (Wildman–Crippen LogP) is 8.84. The Morgan fingerprint density at radius 2 is 0.860 bits per heavy atom. The van der Waals surface area contributed by atoms with Gasteiger partial charge in [0.15, 0.2) is 23.3 Å². The maximum atomic E-state index is 14.7. The number of carbonyl (C=O) groups is 2. The molecule has 0 aliphatic rings. The van der Waals surface area contributed by atoms with Gasteiger partial charge in [-0.25, -0.2) is 4.79 Å². The second kappa shape index (κ2) is 17.4. The molecule has 0 heterocycles. The van der Waals surface area contributed by atoms with Crippen LogP contribution in [0, 0.1) is 0 Å². The smallest absolute Gasteiger partial charge is 0.331 e. The third-order valence-corrected chi connectivity index (χ3v) is 8.22. The molecule has 1 unspecified atom stereocenters. The average molecular weight is 662 g/mol. The monoisotopic (exact) mass is 661 g/mol. The number of carbonyl (C=O) groups excluding carboxylic acids is 2. The molecular formula is C44H39NO5. The minimum absolute atomic E-state index is 0.0473. The fourth-order valence-electron chi connectivity index (χ4n) is 5.63. The summed E-state index contributed by atoms with van der Waals surface area (Å²) in [6, 6.07) is 52.6. The van der Waals surface area contributed by atoms with Gasteiger partial charge < -0.3 is 14.2 Å². The van der Waals surface area contributed by atoms with Crippen LogP contribution in [0.25, 0.3) is 0 Å². The number of esters is 1. The Morgan fingerprint density at radius 1 is 0.460 bits per heavy atom. The zero-order valence-corrected chi connectivity index (χ0v) is 27.8. The van der Waals surface area contributed by atoms with Crippen LogP contribution in [0.15, 0.2) is 170 Å². The van der Waals surface area contributed by atoms with E-state index in [-0.39, 0.29) is 13.2 Å². The zero-order valence-electron chi connectivity index (χ0n) is 27.8. The Labute approximate surface area is 293 Å². The number of ketones is 1. The number of ether oxygens (including phenoxy) is 3. The van der Waals surface area contributed by atoms with Crippen LogP contribution in [0.4, 0.5) is 0 Å². The molecule has 6 heteroatoms. The van der Waals surface area contributed by atoms with Crippen molar-refractivity contribution in [3.8, 4) is 11.5 Å². The van der Waals surface area contributed by atoms with E-state index in [4.69, 9.17) is 14.2 Å². The van der Waals surface area contributed by atoms with Gasteiger partial charge in [-0.3, -0.25) is 9.69 Å². The molecule has 250 valence electrons. The summed E-state index contributed by atoms with van der Waals surface area (Å²) in [5.74, 6) is -0.115. The molecule has 50 heavy (non-hydrogen) atoms. The summed E-state index contributed by atoms with van der Waals surface area (Å²) in [6.45, 7) is 1.35. The first-order chi connectivity index (χ1) is 24.6. The summed E-state index contributed by atoms with van der Waals surface area (Å²) in [6.07, 6.45) is 0. The molecule has 6 aromatic rings. The summed E-state index contributed by atoms with van der Waals surface area (Å²) in [5.41, 5.74) is 5.05. The van der Waals surface area contributed by atoms with Crippen molar-refractivity contribution >= 4 is 11.8 Å². The molecule has 6 nitrogen and oxygen atoms in total. The normalized spacial score (nSPS) is 11.5. The quantitative estimate of drug-likeness (QED) is 0.0587. The number of Topliss-reactive ketones (excluding diaryl/α,β-unsaturated/α-hetero) is 1. The summed E-state index contributed by atoms with van der Waals surface area (Å²) < 4.78 is 18.4. The van der Waals surface area contributed by atoms with Crippen LogP contribution in [-0.2, 0) is 42.4 Å². The number of rotatable bonds is 16. The van der Waals surface area contributed by atoms with Crippen LogP contribution in [0.2, 0.25) is 0 Å². The van der Waals surface area contributed by atoms with Gasteiger partial charge in [-0.1, -0.05) is 152 Å². The van der Waals surface area contributed by atoms with E-state index >= 15 is 0 Å². The van der Waals surface area contributed by atoms with E-state index < -0.39 is 17.8 Å². The van der Waals surface area contributed by atoms with Gasteiger partial charge >= 0.3 is 5.97 Å². The molecule has 0 N–H and O–H groups in total. The lowest BCUT2D eigenvalue weighted by atomic mass is 10.00. The standard InChI is InChI=1S/C44H39NO5/c46-43(39-26-27-40(48-31-36-20-10-3-11-21-36)41(28-39)49-32-37-22-12-4-13-23-37)42(44(47)50-33-38-24-14-5-15-25-38)45(29-34-16-6-1-7-17-34)30-35-18-8-2-9-19-35/h1-28,42H,29-33H2. The van der Waals surface area contributed by atoms with Gasteiger partial charge in [-0.05, 0) is 46.0 Å². The van der Waals surface area contributed by atoms with E-state index in [1.54, 1.807) is 18.2 Å². The third kappa shape index (κ3) is 9.56. The van der Waals surface area contributed by atoms with Gasteiger partial charge in [0.25, 0.3) is 0 Å². The first kappa shape index (κ1) is 33.9. The SMILES string of the molecule is O=C(OCc1ccccc1)C(C(=O)c1ccc(OCc2ccccc2)c(OCc2ccccc2)c1)N(Cc1ccccc1)Cc1ccccc1. The molecule has 0 bridgehead atoms. The van der Waals surface area contributed by atoms with Gasteiger partial charge in [-0.2, -0.15) is 0 Å². The second-order valence-electron chi connectivity index (χ2n) is 11.9. The molecule has 0 radical (unpaired) electrons. The fraction of sp³-hybridized carbons (Fsp3) is 0.136. The lowest BCUT2D eigenvalue weighted by Gasteiger charge is -2.30. The minimum atomic E-state index is -1.24. The molecular weight excluding hydrogens is 622 g/mol. The van der Waals surface area contributed by atoms with E-state index in [9.17, 15) is 9.59 Å². The molecule has 0 aliphatic heterocycles. The molecule has 0 amide bonds. The topological polar surface area (TPSA) is 65.1 Å². The van der Waals surface area contributed by atoms with Crippen LogP contribution in [0.5, 0.6) is 11.5 Å². The maximum Gasteiger partial charge on any atom is 0.331 e. The van der Waals surface area contributed by atoms with Gasteiger partial charge in [0.05, 0.1) is 0 Å². The Hall–Kier alpha value is -5.98. The lowest BCUT2D eigenvalue weighted by molar-refractivity contribution is -0.149. The van der Waals surface area contributed by atoms with Crippen molar-refractivity contribution < 1.29 is 23.8 Å². The van der Waals surface area contributed by atoms with E-state index in [2.05, 4.69) is 0 Å². The average Bonchev–Trinajstić information content (AvgIpc) is 3.17. The van der Waals surface area contributed by atoms with Crippen LogP contribution in [0.3, 0.4) is 0 Å². The maximum absolute atomic E-state index is 14.7.